The molecule has 1 fully saturated rings. The molecule has 1 aliphatic heterocycles. The van der Waals surface area contributed by atoms with E-state index in [9.17, 15) is 31.5 Å². The highest BCUT2D eigenvalue weighted by molar-refractivity contribution is 7.93. The maximum Gasteiger partial charge on any atom is 0.417 e. The number of aromatic nitrogens is 4. The zero-order chi connectivity index (χ0) is 40.6. The fraction of sp³-hybridized carbons (Fsp3) is 0.189. The lowest BCUT2D eigenvalue weighted by Gasteiger charge is -2.37. The Morgan fingerprint density at radius 3 is 2.44 bits per heavy atom. The molecular weight excluding hydrogens is 816 g/mol. The molecule has 0 atom stereocenters. The number of carbonyl (C=O) groups is 1. The number of halogens is 5. The summed E-state index contributed by atoms with van der Waals surface area (Å²) in [6.07, 6.45) is -4.36. The van der Waals surface area contributed by atoms with E-state index in [4.69, 9.17) is 25.8 Å². The second-order valence-corrected chi connectivity index (χ2v) is 15.5. The van der Waals surface area contributed by atoms with Crippen molar-refractivity contribution in [2.24, 2.45) is 0 Å². The Bertz CT molecular complexity index is 2570. The minimum Gasteiger partial charge on any atom is -0.497 e. The molecule has 4 aromatic carbocycles. The topological polar surface area (TPSA) is 149 Å². The first-order chi connectivity index (χ1) is 27.2. The molecule has 57 heavy (non-hydrogen) atoms. The van der Waals surface area contributed by atoms with Crippen molar-refractivity contribution < 1.29 is 50.1 Å². The van der Waals surface area contributed by atoms with Crippen LogP contribution in [-0.2, 0) is 22.7 Å². The third-order valence-corrected chi connectivity index (χ3v) is 12.0. The van der Waals surface area contributed by atoms with Crippen molar-refractivity contribution in [1.29, 1.82) is 0 Å². The number of benzene rings is 4. The first-order valence-corrected chi connectivity index (χ1v) is 19.4. The van der Waals surface area contributed by atoms with Gasteiger partial charge in [0.2, 0.25) is 5.13 Å². The lowest BCUT2D eigenvalue weighted by molar-refractivity contribution is -0.137. The zero-order valence-corrected chi connectivity index (χ0v) is 32.0. The summed E-state index contributed by atoms with van der Waals surface area (Å²) in [5, 5.41) is 21.0. The molecule has 1 saturated heterocycles. The van der Waals surface area contributed by atoms with E-state index in [2.05, 4.69) is 15.3 Å². The maximum absolute atomic E-state index is 16.2. The largest absolute Gasteiger partial charge is 0.497 e. The van der Waals surface area contributed by atoms with Gasteiger partial charge in [0.25, 0.3) is 10.0 Å². The van der Waals surface area contributed by atoms with Crippen LogP contribution in [0.3, 0.4) is 0 Å². The summed E-state index contributed by atoms with van der Waals surface area (Å²) in [6.45, 7) is -0.141. The third kappa shape index (κ3) is 7.77. The van der Waals surface area contributed by atoms with Gasteiger partial charge in [0.1, 0.15) is 39.2 Å². The zero-order valence-electron chi connectivity index (χ0n) is 29.6. The summed E-state index contributed by atoms with van der Waals surface area (Å²) in [5.41, 5.74) is 1.41. The Labute approximate surface area is 331 Å². The van der Waals surface area contributed by atoms with Crippen LogP contribution in [0.25, 0.3) is 22.4 Å². The fourth-order valence-electron chi connectivity index (χ4n) is 6.25. The normalized spacial score (nSPS) is 13.3. The van der Waals surface area contributed by atoms with E-state index in [-0.39, 0.29) is 58.0 Å². The van der Waals surface area contributed by atoms with E-state index in [1.807, 2.05) is 0 Å². The first-order valence-electron chi connectivity index (χ1n) is 16.7. The Morgan fingerprint density at radius 1 is 0.982 bits per heavy atom. The van der Waals surface area contributed by atoms with Gasteiger partial charge < -0.3 is 24.2 Å². The van der Waals surface area contributed by atoms with Gasteiger partial charge in [-0.05, 0) is 53.6 Å². The summed E-state index contributed by atoms with van der Waals surface area (Å²) in [6, 6.07) is 16.8. The fourth-order valence-corrected chi connectivity index (χ4v) is 8.76. The van der Waals surface area contributed by atoms with Crippen molar-refractivity contribution in [3.8, 4) is 45.4 Å². The predicted molar refractivity (Wildman–Crippen MR) is 201 cm³/mol. The summed E-state index contributed by atoms with van der Waals surface area (Å²) >= 11 is 7.52. The van der Waals surface area contributed by atoms with Crippen LogP contribution in [0.5, 0.6) is 23.0 Å². The number of hydrogen-bond acceptors (Lipinski definition) is 10. The second kappa shape index (κ2) is 15.5. The lowest BCUT2D eigenvalue weighted by Crippen LogP contribution is -2.50. The number of likely N-dealkylation sites (tertiary alicyclic amines) is 1. The van der Waals surface area contributed by atoms with E-state index in [0.717, 1.165) is 33.8 Å². The summed E-state index contributed by atoms with van der Waals surface area (Å²) in [5.74, 6) is -0.808. The van der Waals surface area contributed by atoms with Gasteiger partial charge >= 0.3 is 12.3 Å². The Balaban J connectivity index is 1.28. The standard InChI is InChI=1S/C37H29ClF4N6O7S2/c1-53-24-9-7-22(32(14-24)54-2)17-47(35-45-43-20-56-35)57(51,52)34-15-28(38)33(16-29(34)39)55-31-10-8-21(25-5-3-4-6-27(25)37(40,41)42)13-26(31)30-11-12-44-48(30)23-18-46(19-23)36(49)50/h3-16,20,23H,17-19H2,1-2H3,(H,49,50). The molecule has 20 heteroatoms. The van der Waals surface area contributed by atoms with Crippen LogP contribution >= 0.6 is 22.9 Å². The van der Waals surface area contributed by atoms with Crippen molar-refractivity contribution in [1.82, 2.24) is 24.9 Å². The smallest absolute Gasteiger partial charge is 0.417 e. The summed E-state index contributed by atoms with van der Waals surface area (Å²) < 4.78 is 106. The monoisotopic (exact) mass is 844 g/mol. The molecule has 3 heterocycles. The van der Waals surface area contributed by atoms with Crippen LogP contribution in [0.4, 0.5) is 27.5 Å². The number of hydrogen-bond donors (Lipinski definition) is 1. The van der Waals surface area contributed by atoms with Crippen molar-refractivity contribution in [2.75, 3.05) is 31.6 Å². The van der Waals surface area contributed by atoms with Crippen LogP contribution in [0.15, 0.2) is 95.5 Å². The van der Waals surface area contributed by atoms with Crippen LogP contribution in [0.2, 0.25) is 5.02 Å². The highest BCUT2D eigenvalue weighted by Gasteiger charge is 2.36. The van der Waals surface area contributed by atoms with Gasteiger partial charge in [0, 0.05) is 42.5 Å². The van der Waals surface area contributed by atoms with Gasteiger partial charge in [-0.1, -0.05) is 47.2 Å². The predicted octanol–water partition coefficient (Wildman–Crippen LogP) is 8.62. The summed E-state index contributed by atoms with van der Waals surface area (Å²) in [7, 11) is -1.88. The molecule has 13 nitrogen and oxygen atoms in total. The van der Waals surface area contributed by atoms with E-state index in [1.165, 1.54) is 71.9 Å². The number of nitrogens with zero attached hydrogens (tertiary/aromatic N) is 6. The minimum absolute atomic E-state index is 0.00148. The van der Waals surface area contributed by atoms with Crippen LogP contribution in [0.1, 0.15) is 17.2 Å². The van der Waals surface area contributed by atoms with Crippen LogP contribution in [0, 0.1) is 5.82 Å². The third-order valence-electron chi connectivity index (χ3n) is 9.09. The lowest BCUT2D eigenvalue weighted by atomic mass is 9.96. The van der Waals surface area contributed by atoms with E-state index in [1.54, 1.807) is 24.3 Å². The van der Waals surface area contributed by atoms with Crippen molar-refractivity contribution >= 4 is 44.2 Å². The molecule has 0 spiro atoms. The first kappa shape index (κ1) is 39.3. The molecule has 0 unspecified atom stereocenters. The van der Waals surface area contributed by atoms with Crippen molar-refractivity contribution in [3.63, 3.8) is 0 Å². The number of sulfonamides is 1. The highest BCUT2D eigenvalue weighted by atomic mass is 35.5. The minimum atomic E-state index is -4.73. The molecule has 0 aliphatic carbocycles. The SMILES string of the molecule is COc1ccc(CN(c2nncs2)S(=O)(=O)c2cc(Cl)c(Oc3ccc(-c4ccccc4C(F)(F)F)cc3-c3ccnn3C3CN(C(=O)O)C3)cc2F)c(OC)c1. The number of alkyl halides is 3. The highest BCUT2D eigenvalue weighted by Crippen LogP contribution is 2.44. The van der Waals surface area contributed by atoms with Crippen LogP contribution < -0.4 is 18.5 Å². The van der Waals surface area contributed by atoms with Crippen molar-refractivity contribution in [3.05, 3.63) is 113 Å². The Kier molecular flexibility index (Phi) is 10.7. The molecule has 0 radical (unpaired) electrons. The molecular formula is C37H29ClF4N6O7S2. The van der Waals surface area contributed by atoms with Crippen LogP contribution in [-0.4, -0.2) is 71.8 Å². The average molecular weight is 845 g/mol. The number of ether oxygens (including phenoxy) is 3. The van der Waals surface area contributed by atoms with Gasteiger partial charge in [-0.2, -0.15) is 18.3 Å². The van der Waals surface area contributed by atoms with Gasteiger partial charge in [0.15, 0.2) is 0 Å². The molecule has 296 valence electrons. The number of amides is 1. The van der Waals surface area contributed by atoms with Gasteiger partial charge in [0.05, 0.1) is 43.1 Å². The number of methoxy groups -OCH3 is 2. The molecule has 1 amide bonds. The molecule has 1 aliphatic rings. The molecule has 7 rings (SSSR count). The molecule has 0 bridgehead atoms. The Hall–Kier alpha value is -5.92. The number of carboxylic acid groups (broad SMARTS) is 1. The number of rotatable bonds is 12. The van der Waals surface area contributed by atoms with Gasteiger partial charge in [-0.25, -0.2) is 21.9 Å². The van der Waals surface area contributed by atoms with Gasteiger partial charge in [-0.15, -0.1) is 10.2 Å². The average Bonchev–Trinajstić information content (AvgIpc) is 3.87. The Morgan fingerprint density at radius 2 is 1.75 bits per heavy atom. The number of anilines is 1. The van der Waals surface area contributed by atoms with E-state index >= 15 is 4.39 Å². The molecule has 0 saturated carbocycles. The van der Waals surface area contributed by atoms with E-state index in [0.29, 0.717) is 22.8 Å². The second-order valence-electron chi connectivity index (χ2n) is 12.5. The van der Waals surface area contributed by atoms with Gasteiger partial charge in [-0.3, -0.25) is 4.68 Å². The molecule has 6 aromatic rings. The molecule has 2 aromatic heterocycles. The summed E-state index contributed by atoms with van der Waals surface area (Å²) in [4.78, 5) is 11.8. The molecule has 1 N–H and O–H groups in total. The van der Waals surface area contributed by atoms with E-state index < -0.39 is 44.6 Å². The maximum atomic E-state index is 16.2. The van der Waals surface area contributed by atoms with Crippen molar-refractivity contribution in [2.45, 2.75) is 23.7 Å². The quantitative estimate of drug-likeness (QED) is 0.119.